The van der Waals surface area contributed by atoms with E-state index >= 15 is 0 Å². The third-order valence-corrected chi connectivity index (χ3v) is 1.70. The number of hydrogen-bond donors (Lipinski definition) is 1. The van der Waals surface area contributed by atoms with Crippen molar-refractivity contribution in [2.45, 2.75) is 6.92 Å². The molecule has 1 atom stereocenters. The molecular formula is C8H16N2O3. The molecule has 0 aliphatic rings. The predicted molar refractivity (Wildman–Crippen MR) is 47.9 cm³/mol. The summed E-state index contributed by atoms with van der Waals surface area (Å²) >= 11 is 0. The van der Waals surface area contributed by atoms with Crippen molar-refractivity contribution in [1.29, 1.82) is 0 Å². The molecule has 0 spiro atoms. The minimum atomic E-state index is -0.364. The Labute approximate surface area is 77.8 Å². The maximum atomic E-state index is 10.8. The Morgan fingerprint density at radius 1 is 1.54 bits per heavy atom. The Morgan fingerprint density at radius 3 is 2.46 bits per heavy atom. The minimum Gasteiger partial charge on any atom is -0.468 e. The van der Waals surface area contributed by atoms with Crippen LogP contribution in [-0.4, -0.2) is 44.0 Å². The van der Waals surface area contributed by atoms with Gasteiger partial charge in [-0.15, -0.1) is 0 Å². The van der Waals surface area contributed by atoms with Crippen LogP contribution in [0.3, 0.4) is 0 Å². The van der Waals surface area contributed by atoms with E-state index in [1.54, 1.807) is 18.9 Å². The Kier molecular flexibility index (Phi) is 5.06. The number of likely N-dealkylation sites (N-methyl/N-ethyl adjacent to an activating group) is 1. The summed E-state index contributed by atoms with van der Waals surface area (Å²) in [6.07, 6.45) is 0. The highest BCUT2D eigenvalue weighted by Gasteiger charge is 2.13. The van der Waals surface area contributed by atoms with Gasteiger partial charge in [-0.1, -0.05) is 6.92 Å². The van der Waals surface area contributed by atoms with Gasteiger partial charge >= 0.3 is 5.97 Å². The summed E-state index contributed by atoms with van der Waals surface area (Å²) in [7, 11) is 3.06. The molecule has 0 aliphatic heterocycles. The van der Waals surface area contributed by atoms with Gasteiger partial charge in [-0.3, -0.25) is 14.5 Å². The largest absolute Gasteiger partial charge is 0.468 e. The van der Waals surface area contributed by atoms with Crippen molar-refractivity contribution in [1.82, 2.24) is 4.90 Å². The SMILES string of the molecule is COC(=O)CN(C)CC(C)C(N)=O. The first-order chi connectivity index (χ1) is 5.97. The van der Waals surface area contributed by atoms with Gasteiger partial charge in [0.15, 0.2) is 0 Å². The lowest BCUT2D eigenvalue weighted by Crippen LogP contribution is -2.35. The number of esters is 1. The topological polar surface area (TPSA) is 72.6 Å². The van der Waals surface area contributed by atoms with Crippen molar-refractivity contribution in [3.63, 3.8) is 0 Å². The van der Waals surface area contributed by atoms with Crippen LogP contribution in [0.15, 0.2) is 0 Å². The van der Waals surface area contributed by atoms with Gasteiger partial charge in [0.1, 0.15) is 0 Å². The molecule has 1 amide bonds. The van der Waals surface area contributed by atoms with Crippen molar-refractivity contribution in [3.05, 3.63) is 0 Å². The summed E-state index contributed by atoms with van der Waals surface area (Å²) in [6.45, 7) is 2.36. The summed E-state index contributed by atoms with van der Waals surface area (Å²) in [6, 6.07) is 0. The highest BCUT2D eigenvalue weighted by molar-refractivity contribution is 5.76. The molecule has 0 bridgehead atoms. The molecule has 5 nitrogen and oxygen atoms in total. The molecule has 0 aliphatic carbocycles. The van der Waals surface area contributed by atoms with Crippen LogP contribution in [0.25, 0.3) is 0 Å². The van der Waals surface area contributed by atoms with E-state index in [0.29, 0.717) is 6.54 Å². The Bertz CT molecular complexity index is 194. The van der Waals surface area contributed by atoms with E-state index in [1.807, 2.05) is 0 Å². The molecular weight excluding hydrogens is 172 g/mol. The van der Waals surface area contributed by atoms with E-state index in [0.717, 1.165) is 0 Å². The van der Waals surface area contributed by atoms with Crippen LogP contribution in [0.4, 0.5) is 0 Å². The van der Waals surface area contributed by atoms with Crippen LogP contribution in [0.5, 0.6) is 0 Å². The summed E-state index contributed by atoms with van der Waals surface area (Å²) in [5, 5.41) is 0. The van der Waals surface area contributed by atoms with Gasteiger partial charge in [-0.25, -0.2) is 0 Å². The molecule has 2 N–H and O–H groups in total. The monoisotopic (exact) mass is 188 g/mol. The van der Waals surface area contributed by atoms with Gasteiger partial charge in [-0.05, 0) is 7.05 Å². The van der Waals surface area contributed by atoms with Crippen LogP contribution in [0.1, 0.15) is 6.92 Å². The number of primary amides is 1. The molecule has 1 unspecified atom stereocenters. The third-order valence-electron chi connectivity index (χ3n) is 1.70. The normalized spacial score (nSPS) is 12.6. The van der Waals surface area contributed by atoms with Gasteiger partial charge in [0.2, 0.25) is 5.91 Å². The van der Waals surface area contributed by atoms with Crippen LogP contribution in [0, 0.1) is 5.92 Å². The van der Waals surface area contributed by atoms with Gasteiger partial charge in [0, 0.05) is 12.5 Å². The first kappa shape index (κ1) is 11.9. The zero-order valence-corrected chi connectivity index (χ0v) is 8.24. The quantitative estimate of drug-likeness (QED) is 0.574. The van der Waals surface area contributed by atoms with E-state index in [9.17, 15) is 9.59 Å². The van der Waals surface area contributed by atoms with Crippen LogP contribution < -0.4 is 5.73 Å². The van der Waals surface area contributed by atoms with Crippen LogP contribution >= 0.6 is 0 Å². The molecule has 0 aromatic heterocycles. The fourth-order valence-electron chi connectivity index (χ4n) is 0.907. The Hall–Kier alpha value is -1.10. The van der Waals surface area contributed by atoms with Crippen molar-refractivity contribution in [3.8, 4) is 0 Å². The van der Waals surface area contributed by atoms with E-state index in [2.05, 4.69) is 4.74 Å². The fraction of sp³-hybridized carbons (Fsp3) is 0.750. The lowest BCUT2D eigenvalue weighted by Gasteiger charge is -2.17. The van der Waals surface area contributed by atoms with E-state index in [-0.39, 0.29) is 24.3 Å². The van der Waals surface area contributed by atoms with E-state index < -0.39 is 0 Å². The van der Waals surface area contributed by atoms with Crippen LogP contribution in [0.2, 0.25) is 0 Å². The standard InChI is InChI=1S/C8H16N2O3/c1-6(8(9)12)4-10(2)5-7(11)13-3/h6H,4-5H2,1-3H3,(H2,9,12). The lowest BCUT2D eigenvalue weighted by molar-refractivity contribution is -0.142. The number of carbonyl (C=O) groups excluding carboxylic acids is 2. The summed E-state index contributed by atoms with van der Waals surface area (Å²) in [4.78, 5) is 23.2. The number of ether oxygens (including phenoxy) is 1. The number of hydrogen-bond acceptors (Lipinski definition) is 4. The Morgan fingerprint density at radius 2 is 2.08 bits per heavy atom. The van der Waals surface area contributed by atoms with E-state index in [1.165, 1.54) is 7.11 Å². The molecule has 13 heavy (non-hydrogen) atoms. The number of nitrogens with zero attached hydrogens (tertiary/aromatic N) is 1. The van der Waals surface area contributed by atoms with Gasteiger partial charge < -0.3 is 10.5 Å². The predicted octanol–water partition coefficient (Wildman–Crippen LogP) is -0.787. The number of rotatable bonds is 5. The molecule has 5 heteroatoms. The van der Waals surface area contributed by atoms with Gasteiger partial charge in [-0.2, -0.15) is 0 Å². The molecule has 0 aromatic carbocycles. The second-order valence-electron chi connectivity index (χ2n) is 3.08. The second-order valence-corrected chi connectivity index (χ2v) is 3.08. The zero-order chi connectivity index (χ0) is 10.4. The molecule has 0 fully saturated rings. The Balaban J connectivity index is 3.80. The van der Waals surface area contributed by atoms with Gasteiger partial charge in [0.05, 0.1) is 13.7 Å². The first-order valence-electron chi connectivity index (χ1n) is 4.02. The van der Waals surface area contributed by atoms with Gasteiger partial charge in [0.25, 0.3) is 0 Å². The third kappa shape index (κ3) is 5.19. The summed E-state index contributed by atoms with van der Waals surface area (Å²) < 4.78 is 4.47. The van der Waals surface area contributed by atoms with Crippen molar-refractivity contribution >= 4 is 11.9 Å². The maximum absolute atomic E-state index is 10.8. The van der Waals surface area contributed by atoms with Crippen molar-refractivity contribution in [2.75, 3.05) is 27.2 Å². The fourth-order valence-corrected chi connectivity index (χ4v) is 0.907. The van der Waals surface area contributed by atoms with Crippen molar-refractivity contribution in [2.24, 2.45) is 11.7 Å². The molecule has 0 saturated heterocycles. The molecule has 76 valence electrons. The highest BCUT2D eigenvalue weighted by atomic mass is 16.5. The summed E-state index contributed by atoms with van der Waals surface area (Å²) in [5.41, 5.74) is 5.07. The summed E-state index contributed by atoms with van der Waals surface area (Å²) in [5.74, 6) is -0.939. The lowest BCUT2D eigenvalue weighted by atomic mass is 10.1. The average molecular weight is 188 g/mol. The van der Waals surface area contributed by atoms with Crippen molar-refractivity contribution < 1.29 is 14.3 Å². The number of nitrogens with two attached hydrogens (primary N) is 1. The molecule has 0 heterocycles. The number of carbonyl (C=O) groups is 2. The molecule has 0 rings (SSSR count). The molecule has 0 radical (unpaired) electrons. The first-order valence-corrected chi connectivity index (χ1v) is 4.02. The van der Waals surface area contributed by atoms with Crippen LogP contribution in [-0.2, 0) is 14.3 Å². The molecule has 0 saturated carbocycles. The highest BCUT2D eigenvalue weighted by Crippen LogP contribution is 1.96. The smallest absolute Gasteiger partial charge is 0.319 e. The number of methoxy groups -OCH3 is 1. The second kappa shape index (κ2) is 5.53. The average Bonchev–Trinajstić information content (AvgIpc) is 2.03. The maximum Gasteiger partial charge on any atom is 0.319 e. The van der Waals surface area contributed by atoms with E-state index in [4.69, 9.17) is 5.73 Å². The zero-order valence-electron chi connectivity index (χ0n) is 8.24. The number of amides is 1. The molecule has 0 aromatic rings. The minimum absolute atomic E-state index is 0.175.